The lowest BCUT2D eigenvalue weighted by Crippen LogP contribution is -2.18. The number of hydrogen-bond acceptors (Lipinski definition) is 1. The molecule has 2 nitrogen and oxygen atoms in total. The Morgan fingerprint density at radius 1 is 1.40 bits per heavy atom. The summed E-state index contributed by atoms with van der Waals surface area (Å²) in [7, 11) is 0. The summed E-state index contributed by atoms with van der Waals surface area (Å²) in [5.41, 5.74) is 0. The molecule has 10 heavy (non-hydrogen) atoms. The SMILES string of the molecule is [O]CCCC1CCCCO1. The standard InChI is InChI=1S/C8H15O2/c9-6-3-5-8-4-1-2-7-10-8/h8H,1-7H2. The fourth-order valence-electron chi connectivity index (χ4n) is 1.35. The van der Waals surface area contributed by atoms with Crippen molar-refractivity contribution in [3.63, 3.8) is 0 Å². The highest BCUT2D eigenvalue weighted by Crippen LogP contribution is 2.16. The highest BCUT2D eigenvalue weighted by Gasteiger charge is 2.12. The number of rotatable bonds is 3. The van der Waals surface area contributed by atoms with Crippen molar-refractivity contribution >= 4 is 0 Å². The van der Waals surface area contributed by atoms with Crippen LogP contribution >= 0.6 is 0 Å². The van der Waals surface area contributed by atoms with Gasteiger partial charge in [-0.05, 0) is 32.1 Å². The third-order valence-corrected chi connectivity index (χ3v) is 1.94. The summed E-state index contributed by atoms with van der Waals surface area (Å²) in [6.45, 7) is 0.962. The van der Waals surface area contributed by atoms with E-state index < -0.39 is 0 Å². The van der Waals surface area contributed by atoms with Crippen molar-refractivity contribution in [3.05, 3.63) is 0 Å². The molecule has 1 unspecified atom stereocenters. The maximum Gasteiger partial charge on any atom is 0.0823 e. The largest absolute Gasteiger partial charge is 0.378 e. The Morgan fingerprint density at radius 2 is 2.30 bits per heavy atom. The Labute approximate surface area is 62.2 Å². The molecule has 1 fully saturated rings. The van der Waals surface area contributed by atoms with Crippen molar-refractivity contribution in [2.24, 2.45) is 0 Å². The molecule has 0 aromatic heterocycles. The maximum atomic E-state index is 10.1. The molecule has 0 bridgehead atoms. The lowest BCUT2D eigenvalue weighted by molar-refractivity contribution is 0.00572. The molecule has 0 aromatic carbocycles. The summed E-state index contributed by atoms with van der Waals surface area (Å²) in [6.07, 6.45) is 5.81. The van der Waals surface area contributed by atoms with Crippen molar-refractivity contribution in [3.8, 4) is 0 Å². The highest BCUT2D eigenvalue weighted by atomic mass is 16.5. The van der Waals surface area contributed by atoms with E-state index in [9.17, 15) is 5.11 Å². The van der Waals surface area contributed by atoms with Crippen LogP contribution in [0.5, 0.6) is 0 Å². The summed E-state index contributed by atoms with van der Waals surface area (Å²) >= 11 is 0. The average molecular weight is 143 g/mol. The van der Waals surface area contributed by atoms with E-state index in [0.29, 0.717) is 6.10 Å². The van der Waals surface area contributed by atoms with Gasteiger partial charge in [0.05, 0.1) is 12.7 Å². The maximum absolute atomic E-state index is 10.1. The monoisotopic (exact) mass is 143 g/mol. The summed E-state index contributed by atoms with van der Waals surface area (Å²) < 4.78 is 5.44. The van der Waals surface area contributed by atoms with Gasteiger partial charge in [0.1, 0.15) is 0 Å². The molecule has 0 saturated carbocycles. The summed E-state index contributed by atoms with van der Waals surface area (Å²) in [5, 5.41) is 10.1. The lowest BCUT2D eigenvalue weighted by Gasteiger charge is -2.21. The van der Waals surface area contributed by atoms with Crippen LogP contribution in [0.3, 0.4) is 0 Å². The van der Waals surface area contributed by atoms with Crippen molar-refractivity contribution in [2.45, 2.75) is 38.2 Å². The molecule has 2 heteroatoms. The second-order valence-electron chi connectivity index (χ2n) is 2.83. The normalized spacial score (nSPS) is 26.7. The van der Waals surface area contributed by atoms with Gasteiger partial charge in [0, 0.05) is 6.61 Å². The topological polar surface area (TPSA) is 29.1 Å². The first-order chi connectivity index (χ1) is 4.93. The van der Waals surface area contributed by atoms with E-state index >= 15 is 0 Å². The zero-order valence-electron chi connectivity index (χ0n) is 6.34. The summed E-state index contributed by atoms with van der Waals surface area (Å²) in [6, 6.07) is 0. The van der Waals surface area contributed by atoms with Crippen LogP contribution in [-0.4, -0.2) is 19.3 Å². The molecule has 0 spiro atoms. The second-order valence-corrected chi connectivity index (χ2v) is 2.83. The predicted octanol–water partition coefficient (Wildman–Crippen LogP) is 1.77. The fraction of sp³-hybridized carbons (Fsp3) is 1.00. The van der Waals surface area contributed by atoms with E-state index in [2.05, 4.69) is 0 Å². The van der Waals surface area contributed by atoms with Crippen LogP contribution in [0.25, 0.3) is 0 Å². The first-order valence-electron chi connectivity index (χ1n) is 4.13. The highest BCUT2D eigenvalue weighted by molar-refractivity contribution is 4.62. The minimum Gasteiger partial charge on any atom is -0.378 e. The van der Waals surface area contributed by atoms with Gasteiger partial charge >= 0.3 is 0 Å². The van der Waals surface area contributed by atoms with Crippen LogP contribution in [0.4, 0.5) is 0 Å². The predicted molar refractivity (Wildman–Crippen MR) is 38.4 cm³/mol. The van der Waals surface area contributed by atoms with Gasteiger partial charge < -0.3 is 4.74 Å². The van der Waals surface area contributed by atoms with Crippen molar-refractivity contribution in [2.75, 3.05) is 13.2 Å². The number of ether oxygens (including phenoxy) is 1. The van der Waals surface area contributed by atoms with E-state index in [1.54, 1.807) is 0 Å². The van der Waals surface area contributed by atoms with Gasteiger partial charge in [-0.25, -0.2) is 5.11 Å². The second kappa shape index (κ2) is 4.69. The van der Waals surface area contributed by atoms with Crippen LogP contribution in [0.1, 0.15) is 32.1 Å². The molecule has 1 radical (unpaired) electrons. The quantitative estimate of drug-likeness (QED) is 0.592. The average Bonchev–Trinajstić information content (AvgIpc) is 2.03. The van der Waals surface area contributed by atoms with Gasteiger partial charge in [-0.2, -0.15) is 0 Å². The van der Waals surface area contributed by atoms with Gasteiger partial charge in [-0.3, -0.25) is 0 Å². The molecule has 1 rings (SSSR count). The van der Waals surface area contributed by atoms with E-state index in [1.165, 1.54) is 19.3 Å². The molecule has 1 aliphatic rings. The molecule has 0 N–H and O–H groups in total. The Morgan fingerprint density at radius 3 is 2.90 bits per heavy atom. The Kier molecular flexibility index (Phi) is 3.76. The van der Waals surface area contributed by atoms with Crippen molar-refractivity contribution in [1.29, 1.82) is 0 Å². The molecule has 1 saturated heterocycles. The van der Waals surface area contributed by atoms with Crippen LogP contribution in [0.15, 0.2) is 0 Å². The van der Waals surface area contributed by atoms with E-state index in [1.807, 2.05) is 0 Å². The minimum atomic E-state index is 0.0554. The first-order valence-corrected chi connectivity index (χ1v) is 4.13. The van der Waals surface area contributed by atoms with Crippen molar-refractivity contribution < 1.29 is 9.84 Å². The first kappa shape index (κ1) is 8.02. The minimum absolute atomic E-state index is 0.0554. The van der Waals surface area contributed by atoms with Gasteiger partial charge in [-0.15, -0.1) is 0 Å². The molecule has 1 heterocycles. The van der Waals surface area contributed by atoms with E-state index in [-0.39, 0.29) is 6.61 Å². The van der Waals surface area contributed by atoms with Crippen LogP contribution in [0, 0.1) is 0 Å². The smallest absolute Gasteiger partial charge is 0.0823 e. The third kappa shape index (κ3) is 2.67. The fourth-order valence-corrected chi connectivity index (χ4v) is 1.35. The Balaban J connectivity index is 2.02. The molecule has 59 valence electrons. The lowest BCUT2D eigenvalue weighted by atomic mass is 10.1. The van der Waals surface area contributed by atoms with Crippen LogP contribution < -0.4 is 0 Å². The molecule has 1 aliphatic heterocycles. The molecule has 0 aromatic rings. The van der Waals surface area contributed by atoms with E-state index in [0.717, 1.165) is 19.4 Å². The molecule has 1 atom stereocenters. The Hall–Kier alpha value is -0.0800. The summed E-state index contributed by atoms with van der Waals surface area (Å²) in [5.74, 6) is 0. The van der Waals surface area contributed by atoms with Gasteiger partial charge in [0.25, 0.3) is 0 Å². The number of hydrogen-bond donors (Lipinski definition) is 0. The molecule has 0 aliphatic carbocycles. The summed E-state index contributed by atoms with van der Waals surface area (Å²) in [4.78, 5) is 0. The zero-order valence-corrected chi connectivity index (χ0v) is 6.34. The molecular weight excluding hydrogens is 128 g/mol. The van der Waals surface area contributed by atoms with Crippen LogP contribution in [0.2, 0.25) is 0 Å². The molecule has 0 amide bonds. The van der Waals surface area contributed by atoms with E-state index in [4.69, 9.17) is 4.74 Å². The van der Waals surface area contributed by atoms with Gasteiger partial charge in [-0.1, -0.05) is 0 Å². The Bertz CT molecular complexity index is 77.3. The van der Waals surface area contributed by atoms with Gasteiger partial charge in [0.2, 0.25) is 0 Å². The van der Waals surface area contributed by atoms with Crippen LogP contribution in [-0.2, 0) is 9.84 Å². The molecular formula is C8H15O2. The van der Waals surface area contributed by atoms with Crippen molar-refractivity contribution in [1.82, 2.24) is 0 Å². The third-order valence-electron chi connectivity index (χ3n) is 1.94. The zero-order chi connectivity index (χ0) is 7.23. The van der Waals surface area contributed by atoms with Gasteiger partial charge in [0.15, 0.2) is 0 Å².